The summed E-state index contributed by atoms with van der Waals surface area (Å²) in [5, 5.41) is 24.0. The van der Waals surface area contributed by atoms with E-state index < -0.39 is 6.10 Å². The number of aromatic nitrogens is 1. The molecule has 0 bridgehead atoms. The van der Waals surface area contributed by atoms with E-state index in [9.17, 15) is 10.4 Å². The molecule has 0 amide bonds. The van der Waals surface area contributed by atoms with Crippen molar-refractivity contribution in [3.8, 4) is 17.6 Å². The van der Waals surface area contributed by atoms with Crippen molar-refractivity contribution in [1.82, 2.24) is 15.2 Å². The highest BCUT2D eigenvalue weighted by Gasteiger charge is 2.23. The van der Waals surface area contributed by atoms with Crippen LogP contribution in [0, 0.1) is 17.2 Å². The summed E-state index contributed by atoms with van der Waals surface area (Å²) in [5.41, 5.74) is 1.06. The Morgan fingerprint density at radius 1 is 1.25 bits per heavy atom. The number of nitriles is 1. The number of rotatable bonds is 7. The Morgan fingerprint density at radius 3 is 2.97 bits per heavy atom. The Morgan fingerprint density at radius 2 is 2.12 bits per heavy atom. The van der Waals surface area contributed by atoms with Crippen LogP contribution in [0.15, 0.2) is 60.7 Å². The molecule has 3 aliphatic rings. The molecule has 1 saturated heterocycles. The number of fused-ring (bicyclic) bond motifs is 2. The van der Waals surface area contributed by atoms with E-state index in [0.717, 1.165) is 24.2 Å². The zero-order valence-corrected chi connectivity index (χ0v) is 17.8. The van der Waals surface area contributed by atoms with Crippen molar-refractivity contribution in [3.63, 3.8) is 0 Å². The third kappa shape index (κ3) is 4.33. The summed E-state index contributed by atoms with van der Waals surface area (Å²) >= 11 is 0. The van der Waals surface area contributed by atoms with Crippen molar-refractivity contribution >= 4 is 10.9 Å². The number of pyridine rings is 1. The molecule has 2 N–H and O–H groups in total. The van der Waals surface area contributed by atoms with Crippen LogP contribution in [-0.4, -0.2) is 53.4 Å². The van der Waals surface area contributed by atoms with Crippen molar-refractivity contribution < 1.29 is 14.6 Å². The fourth-order valence-electron chi connectivity index (χ4n) is 4.44. The summed E-state index contributed by atoms with van der Waals surface area (Å²) in [5.74, 6) is 2.09. The largest absolute Gasteiger partial charge is 0.489 e. The van der Waals surface area contributed by atoms with Gasteiger partial charge in [-0.25, -0.2) is 0 Å². The van der Waals surface area contributed by atoms with Crippen LogP contribution in [-0.2, 0) is 0 Å². The van der Waals surface area contributed by atoms with Gasteiger partial charge in [-0.15, -0.1) is 0 Å². The number of likely N-dealkylation sites (tertiary alicyclic amines) is 1. The number of aliphatic hydroxyl groups is 1. The van der Waals surface area contributed by atoms with E-state index in [1.165, 1.54) is 12.8 Å². The van der Waals surface area contributed by atoms with Crippen LogP contribution in [0.3, 0.4) is 0 Å². The molecule has 1 aromatic heterocycles. The predicted octanol–water partition coefficient (Wildman–Crippen LogP) is 2.88. The summed E-state index contributed by atoms with van der Waals surface area (Å²) in [6.45, 7) is 2.75. The van der Waals surface area contributed by atoms with Crippen molar-refractivity contribution in [2.45, 2.75) is 25.0 Å². The molecule has 5 rings (SSSR count). The summed E-state index contributed by atoms with van der Waals surface area (Å²) in [4.78, 5) is 6.67. The second-order valence-corrected chi connectivity index (χ2v) is 8.42. The quantitative estimate of drug-likeness (QED) is 0.698. The van der Waals surface area contributed by atoms with Crippen molar-refractivity contribution in [2.75, 3.05) is 26.2 Å². The topological polar surface area (TPSA) is 90.6 Å². The average Bonchev–Trinajstić information content (AvgIpc) is 3.49. The van der Waals surface area contributed by atoms with Gasteiger partial charge in [0, 0.05) is 30.1 Å². The lowest BCUT2D eigenvalue weighted by Gasteiger charge is -2.20. The van der Waals surface area contributed by atoms with Gasteiger partial charge in [0.15, 0.2) is 0 Å². The molecule has 1 fully saturated rings. The molecule has 32 heavy (non-hydrogen) atoms. The monoisotopic (exact) mass is 430 g/mol. The number of aliphatic hydroxyl groups excluding tert-OH is 1. The second-order valence-electron chi connectivity index (χ2n) is 8.42. The number of benzene rings is 1. The van der Waals surface area contributed by atoms with Crippen LogP contribution < -0.4 is 14.8 Å². The maximum absolute atomic E-state index is 10.3. The fourth-order valence-corrected chi connectivity index (χ4v) is 4.44. The van der Waals surface area contributed by atoms with Crippen LogP contribution in [0.1, 0.15) is 18.4 Å². The Balaban J connectivity index is 1.34. The Kier molecular flexibility index (Phi) is 5.80. The third-order valence-corrected chi connectivity index (χ3v) is 6.10. The number of β-amino-alcohol motifs (C(OH)–C–C–N with tert-alkyl or cyclic N) is 1. The minimum Gasteiger partial charge on any atom is -0.489 e. The second kappa shape index (κ2) is 9.03. The summed E-state index contributed by atoms with van der Waals surface area (Å²) in [7, 11) is 0. The van der Waals surface area contributed by atoms with Gasteiger partial charge in [0.2, 0.25) is 0 Å². The van der Waals surface area contributed by atoms with Crippen LogP contribution in [0.25, 0.3) is 10.9 Å². The average molecular weight is 431 g/mol. The Bertz CT molecular complexity index is 1130. The number of hydrogen-bond acceptors (Lipinski definition) is 7. The van der Waals surface area contributed by atoms with Crippen LogP contribution >= 0.6 is 0 Å². The van der Waals surface area contributed by atoms with Crippen molar-refractivity contribution in [2.24, 2.45) is 5.92 Å². The van der Waals surface area contributed by atoms with Gasteiger partial charge in [-0.3, -0.25) is 4.98 Å². The number of ether oxygens (including phenoxy) is 2. The van der Waals surface area contributed by atoms with Crippen molar-refractivity contribution in [1.29, 1.82) is 5.26 Å². The molecule has 2 aliphatic heterocycles. The highest BCUT2D eigenvalue weighted by atomic mass is 16.5. The number of nitrogens with one attached hydrogen (secondary N) is 1. The standard InChI is InChI=1S/C25H26N4O3/c26-14-18-12-21-23(13-25(18)31-16-19(30)15-29-9-1-2-10-29)28-8-6-24(21)32-20-3-4-22-17(11-20)5-7-27-22/h3-8,11-13,17,19,22,27,30H,1-2,9-10,15-16H2/t17?,19-,22?/m1/s1. The van der Waals surface area contributed by atoms with Gasteiger partial charge in [-0.1, -0.05) is 12.2 Å². The van der Waals surface area contributed by atoms with Gasteiger partial charge >= 0.3 is 0 Å². The molecule has 2 unspecified atom stereocenters. The minimum atomic E-state index is -0.606. The SMILES string of the molecule is N#Cc1cc2c(OC3=CC4C=CNC4C=C3)ccnc2cc1OC[C@H](O)CN1CCCC1. The Labute approximate surface area is 187 Å². The molecule has 0 spiro atoms. The van der Waals surface area contributed by atoms with Crippen LogP contribution in [0.2, 0.25) is 0 Å². The van der Waals surface area contributed by atoms with E-state index >= 15 is 0 Å². The maximum atomic E-state index is 10.3. The lowest BCUT2D eigenvalue weighted by Crippen LogP contribution is -2.33. The zero-order valence-electron chi connectivity index (χ0n) is 17.8. The van der Waals surface area contributed by atoms with Gasteiger partial charge in [0.1, 0.15) is 36.0 Å². The molecule has 0 radical (unpaired) electrons. The zero-order chi connectivity index (χ0) is 21.9. The van der Waals surface area contributed by atoms with Gasteiger partial charge in [0.05, 0.1) is 17.1 Å². The van der Waals surface area contributed by atoms with Gasteiger partial charge < -0.3 is 24.8 Å². The predicted molar refractivity (Wildman–Crippen MR) is 121 cm³/mol. The lowest BCUT2D eigenvalue weighted by atomic mass is 9.97. The highest BCUT2D eigenvalue weighted by Crippen LogP contribution is 2.33. The normalized spacial score (nSPS) is 22.8. The van der Waals surface area contributed by atoms with E-state index in [0.29, 0.717) is 29.1 Å². The first-order valence-electron chi connectivity index (χ1n) is 11.1. The smallest absolute Gasteiger partial charge is 0.139 e. The Hall–Kier alpha value is -3.34. The van der Waals surface area contributed by atoms with Crippen LogP contribution in [0.5, 0.6) is 11.5 Å². The van der Waals surface area contributed by atoms with E-state index in [-0.39, 0.29) is 18.6 Å². The van der Waals surface area contributed by atoms with Crippen molar-refractivity contribution in [3.05, 3.63) is 66.2 Å². The van der Waals surface area contributed by atoms with E-state index in [4.69, 9.17) is 9.47 Å². The lowest BCUT2D eigenvalue weighted by molar-refractivity contribution is 0.0758. The molecule has 2 aromatic rings. The van der Waals surface area contributed by atoms with E-state index in [1.54, 1.807) is 24.4 Å². The van der Waals surface area contributed by atoms with Crippen LogP contribution in [0.4, 0.5) is 0 Å². The highest BCUT2D eigenvalue weighted by molar-refractivity contribution is 5.88. The molecular weight excluding hydrogens is 404 g/mol. The molecule has 0 saturated carbocycles. The summed E-state index contributed by atoms with van der Waals surface area (Å²) in [6.07, 6.45) is 13.6. The summed E-state index contributed by atoms with van der Waals surface area (Å²) < 4.78 is 12.0. The van der Waals surface area contributed by atoms with Gasteiger partial charge in [0.25, 0.3) is 0 Å². The minimum absolute atomic E-state index is 0.134. The number of allylic oxidation sites excluding steroid dienone is 1. The third-order valence-electron chi connectivity index (χ3n) is 6.10. The first-order chi connectivity index (χ1) is 15.7. The molecule has 1 aliphatic carbocycles. The molecule has 7 heteroatoms. The maximum Gasteiger partial charge on any atom is 0.139 e. The van der Waals surface area contributed by atoms with Gasteiger partial charge in [-0.05, 0) is 56.4 Å². The van der Waals surface area contributed by atoms with Gasteiger partial charge in [-0.2, -0.15) is 5.26 Å². The van der Waals surface area contributed by atoms with E-state index in [2.05, 4.69) is 39.5 Å². The molecule has 3 atom stereocenters. The summed E-state index contributed by atoms with van der Waals surface area (Å²) in [6, 6.07) is 7.77. The number of hydrogen-bond donors (Lipinski definition) is 2. The molecular formula is C25H26N4O3. The fraction of sp³-hybridized carbons (Fsp3) is 0.360. The molecule has 1 aromatic carbocycles. The number of nitrogens with zero attached hydrogens (tertiary/aromatic N) is 3. The molecule has 3 heterocycles. The molecule has 7 nitrogen and oxygen atoms in total. The van der Waals surface area contributed by atoms with E-state index in [1.807, 2.05) is 12.3 Å². The first-order valence-corrected chi connectivity index (χ1v) is 11.1. The molecule has 164 valence electrons. The first kappa shape index (κ1) is 20.6.